The molecule has 2 unspecified atom stereocenters. The lowest BCUT2D eigenvalue weighted by Crippen LogP contribution is -2.19. The van der Waals surface area contributed by atoms with Crippen LogP contribution < -0.4 is 4.80 Å². The van der Waals surface area contributed by atoms with E-state index >= 15 is 0 Å². The van der Waals surface area contributed by atoms with E-state index < -0.39 is 22.8 Å². The Morgan fingerprint density at radius 2 is 2.27 bits per heavy atom. The molecule has 0 radical (unpaired) electrons. The fourth-order valence-electron chi connectivity index (χ4n) is 2.17. The molecule has 8 heteroatoms. The third-order valence-corrected chi connectivity index (χ3v) is 4.30. The second-order valence-corrected chi connectivity index (χ2v) is 5.92. The summed E-state index contributed by atoms with van der Waals surface area (Å²) in [6.07, 6.45) is 1.95. The van der Waals surface area contributed by atoms with E-state index in [0.717, 1.165) is 0 Å². The molecular weight excluding hydrogens is 309 g/mol. The number of carbonyl (C=O) groups is 1. The Bertz CT molecular complexity index is 798. The van der Waals surface area contributed by atoms with Crippen LogP contribution in [0.3, 0.4) is 0 Å². The number of thiazole rings is 1. The number of nitrogens with zero attached hydrogens (tertiary/aromatic N) is 3. The van der Waals surface area contributed by atoms with Gasteiger partial charge in [0.15, 0.2) is 4.80 Å². The summed E-state index contributed by atoms with van der Waals surface area (Å²) in [5, 5.41) is 12.3. The number of benzene rings is 1. The second kappa shape index (κ2) is 5.80. The van der Waals surface area contributed by atoms with Gasteiger partial charge in [-0.1, -0.05) is 18.2 Å². The third-order valence-electron chi connectivity index (χ3n) is 3.51. The zero-order valence-electron chi connectivity index (χ0n) is 11.4. The van der Waals surface area contributed by atoms with Gasteiger partial charge in [0.25, 0.3) is 5.91 Å². The monoisotopic (exact) mass is 321 g/mol. The number of carbonyl (C=O) groups excluding carboxylic acids is 1. The van der Waals surface area contributed by atoms with Crippen LogP contribution in [0.2, 0.25) is 0 Å². The van der Waals surface area contributed by atoms with Crippen LogP contribution in [-0.4, -0.2) is 21.4 Å². The van der Waals surface area contributed by atoms with Crippen molar-refractivity contribution in [1.82, 2.24) is 4.57 Å². The fourth-order valence-corrected chi connectivity index (χ4v) is 2.91. The van der Waals surface area contributed by atoms with E-state index in [1.807, 2.05) is 0 Å². The Balaban J connectivity index is 1.81. The van der Waals surface area contributed by atoms with E-state index in [2.05, 4.69) is 4.99 Å². The Hall–Kier alpha value is -2.35. The van der Waals surface area contributed by atoms with Crippen LogP contribution in [0, 0.1) is 21.8 Å². The van der Waals surface area contributed by atoms with Crippen molar-refractivity contribution in [3.8, 4) is 0 Å². The molecule has 0 saturated heterocycles. The number of hydrogen-bond donors (Lipinski definition) is 0. The largest absolute Gasteiger partial charge is 0.319 e. The van der Waals surface area contributed by atoms with Crippen LogP contribution in [0.15, 0.2) is 40.8 Å². The number of nitro groups is 1. The summed E-state index contributed by atoms with van der Waals surface area (Å²) in [6, 6.07) is 5.57. The Labute approximate surface area is 128 Å². The Morgan fingerprint density at radius 1 is 1.50 bits per heavy atom. The van der Waals surface area contributed by atoms with Gasteiger partial charge in [0.05, 0.1) is 6.54 Å². The average molecular weight is 321 g/mol. The van der Waals surface area contributed by atoms with Crippen molar-refractivity contribution in [2.24, 2.45) is 10.9 Å². The lowest BCUT2D eigenvalue weighted by Gasteiger charge is -2.04. The molecule has 0 spiro atoms. The Kier molecular flexibility index (Phi) is 3.84. The maximum absolute atomic E-state index is 13.7. The molecule has 6 nitrogen and oxygen atoms in total. The standard InChI is InChI=1S/C14H12FN3O3S/c15-11-4-2-1-3-9(11)8-17-5-6-22-14(17)16-13(19)10-7-12(10)18(20)21/h1-6,10,12H,7-8H2. The van der Waals surface area contributed by atoms with Gasteiger partial charge in [0.2, 0.25) is 6.04 Å². The summed E-state index contributed by atoms with van der Waals surface area (Å²) in [7, 11) is 0. The number of hydrogen-bond acceptors (Lipinski definition) is 4. The minimum absolute atomic E-state index is 0.244. The first kappa shape index (κ1) is 14.6. The highest BCUT2D eigenvalue weighted by atomic mass is 32.1. The van der Waals surface area contributed by atoms with Crippen molar-refractivity contribution in [3.63, 3.8) is 0 Å². The van der Waals surface area contributed by atoms with Crippen molar-refractivity contribution in [1.29, 1.82) is 0 Å². The van der Waals surface area contributed by atoms with Gasteiger partial charge in [-0.25, -0.2) is 4.39 Å². The van der Waals surface area contributed by atoms with Crippen LogP contribution in [-0.2, 0) is 11.3 Å². The highest BCUT2D eigenvalue weighted by molar-refractivity contribution is 7.07. The zero-order chi connectivity index (χ0) is 15.7. The molecule has 1 aliphatic carbocycles. The zero-order valence-corrected chi connectivity index (χ0v) is 12.2. The van der Waals surface area contributed by atoms with Gasteiger partial charge in [-0.2, -0.15) is 4.99 Å². The number of amides is 1. The van der Waals surface area contributed by atoms with Crippen LogP contribution >= 0.6 is 11.3 Å². The molecule has 3 rings (SSSR count). The molecule has 2 atom stereocenters. The molecule has 1 aromatic carbocycles. The predicted octanol–water partition coefficient (Wildman–Crippen LogP) is 1.83. The number of rotatable bonds is 4. The lowest BCUT2D eigenvalue weighted by atomic mass is 10.2. The van der Waals surface area contributed by atoms with Crippen LogP contribution in [0.25, 0.3) is 0 Å². The molecule has 0 N–H and O–H groups in total. The fraction of sp³-hybridized carbons (Fsp3) is 0.286. The van der Waals surface area contributed by atoms with Gasteiger partial charge < -0.3 is 4.57 Å². The predicted molar refractivity (Wildman–Crippen MR) is 77.3 cm³/mol. The second-order valence-electron chi connectivity index (χ2n) is 5.05. The van der Waals surface area contributed by atoms with E-state index in [1.165, 1.54) is 17.4 Å². The number of halogens is 1. The highest BCUT2D eigenvalue weighted by Gasteiger charge is 2.53. The van der Waals surface area contributed by atoms with Gasteiger partial charge in [-0.05, 0) is 6.07 Å². The molecule has 1 fully saturated rings. The summed E-state index contributed by atoms with van der Waals surface area (Å²) in [5.41, 5.74) is 0.490. The summed E-state index contributed by atoms with van der Waals surface area (Å²) >= 11 is 1.24. The van der Waals surface area contributed by atoms with Crippen molar-refractivity contribution in [2.45, 2.75) is 19.0 Å². The van der Waals surface area contributed by atoms with Gasteiger partial charge in [-0.3, -0.25) is 14.9 Å². The van der Waals surface area contributed by atoms with Crippen molar-refractivity contribution >= 4 is 17.2 Å². The maximum Gasteiger partial charge on any atom is 0.258 e. The van der Waals surface area contributed by atoms with Crippen molar-refractivity contribution in [2.75, 3.05) is 0 Å². The van der Waals surface area contributed by atoms with Gasteiger partial charge in [0, 0.05) is 28.5 Å². The minimum atomic E-state index is -0.809. The Morgan fingerprint density at radius 3 is 2.95 bits per heavy atom. The van der Waals surface area contributed by atoms with Crippen LogP contribution in [0.5, 0.6) is 0 Å². The first-order chi connectivity index (χ1) is 10.6. The van der Waals surface area contributed by atoms with Crippen LogP contribution in [0.4, 0.5) is 4.39 Å². The molecule has 22 heavy (non-hydrogen) atoms. The molecule has 1 heterocycles. The van der Waals surface area contributed by atoms with Gasteiger partial charge in [-0.15, -0.1) is 11.3 Å². The third kappa shape index (κ3) is 2.96. The van der Waals surface area contributed by atoms with Crippen LogP contribution in [0.1, 0.15) is 12.0 Å². The van der Waals surface area contributed by atoms with E-state index in [1.54, 1.807) is 34.3 Å². The first-order valence-electron chi connectivity index (χ1n) is 6.65. The van der Waals surface area contributed by atoms with E-state index in [-0.39, 0.29) is 18.8 Å². The summed E-state index contributed by atoms with van der Waals surface area (Å²) in [5.74, 6) is -1.43. The van der Waals surface area contributed by atoms with Gasteiger partial charge >= 0.3 is 0 Å². The maximum atomic E-state index is 13.7. The SMILES string of the molecule is O=C(N=c1sccn1Cc1ccccc1F)C1CC1[N+](=O)[O-]. The molecule has 1 saturated carbocycles. The summed E-state index contributed by atoms with van der Waals surface area (Å²) < 4.78 is 15.3. The highest BCUT2D eigenvalue weighted by Crippen LogP contribution is 2.33. The lowest BCUT2D eigenvalue weighted by molar-refractivity contribution is -0.497. The van der Waals surface area contributed by atoms with Crippen molar-refractivity contribution < 1.29 is 14.1 Å². The summed E-state index contributed by atoms with van der Waals surface area (Å²) in [4.78, 5) is 26.4. The van der Waals surface area contributed by atoms with Crippen molar-refractivity contribution in [3.05, 3.63) is 62.1 Å². The molecular formula is C14H12FN3O3S. The van der Waals surface area contributed by atoms with E-state index in [9.17, 15) is 19.3 Å². The number of aromatic nitrogens is 1. The molecule has 2 aromatic rings. The van der Waals surface area contributed by atoms with E-state index in [0.29, 0.717) is 10.4 Å². The summed E-state index contributed by atoms with van der Waals surface area (Å²) in [6.45, 7) is 0.256. The molecule has 114 valence electrons. The molecule has 1 amide bonds. The first-order valence-corrected chi connectivity index (χ1v) is 7.53. The average Bonchev–Trinajstić information content (AvgIpc) is 3.19. The topological polar surface area (TPSA) is 77.5 Å². The van der Waals surface area contributed by atoms with Gasteiger partial charge in [0.1, 0.15) is 11.7 Å². The molecule has 1 aromatic heterocycles. The van der Waals surface area contributed by atoms with E-state index in [4.69, 9.17) is 0 Å². The molecule has 0 aliphatic heterocycles. The molecule has 0 bridgehead atoms. The normalized spacial score (nSPS) is 20.9. The smallest absolute Gasteiger partial charge is 0.258 e. The molecule has 1 aliphatic rings. The quantitative estimate of drug-likeness (QED) is 0.636. The minimum Gasteiger partial charge on any atom is -0.319 e.